The van der Waals surface area contributed by atoms with E-state index in [2.05, 4.69) is 4.99 Å². The summed E-state index contributed by atoms with van der Waals surface area (Å²) >= 11 is 0. The van der Waals surface area contributed by atoms with E-state index in [0.717, 1.165) is 12.1 Å². The normalized spacial score (nSPS) is 16.1. The SMILES string of the molecule is CC/C=C/N1C=C(c2c(F)ccc(N)c2F)C(OC)=N/C1=C(/C)C(=O)OC. The Labute approximate surface area is 156 Å². The molecule has 2 N–H and O–H groups in total. The lowest BCUT2D eigenvalue weighted by Crippen LogP contribution is -2.23. The van der Waals surface area contributed by atoms with Gasteiger partial charge < -0.3 is 20.1 Å². The zero-order valence-corrected chi connectivity index (χ0v) is 15.5. The van der Waals surface area contributed by atoms with Gasteiger partial charge in [-0.15, -0.1) is 0 Å². The molecule has 0 atom stereocenters. The number of carbonyl (C=O) groups is 1. The van der Waals surface area contributed by atoms with Crippen LogP contribution in [0.15, 0.2) is 47.0 Å². The highest BCUT2D eigenvalue weighted by molar-refractivity contribution is 6.21. The highest BCUT2D eigenvalue weighted by Crippen LogP contribution is 2.32. The van der Waals surface area contributed by atoms with Crippen molar-refractivity contribution in [3.63, 3.8) is 0 Å². The monoisotopic (exact) mass is 377 g/mol. The third-order valence-corrected chi connectivity index (χ3v) is 3.86. The van der Waals surface area contributed by atoms with Crippen molar-refractivity contribution in [1.29, 1.82) is 0 Å². The third kappa shape index (κ3) is 3.99. The molecule has 0 bridgehead atoms. The Morgan fingerprint density at radius 3 is 2.63 bits per heavy atom. The first-order valence-corrected chi connectivity index (χ1v) is 8.18. The molecule has 0 saturated carbocycles. The van der Waals surface area contributed by atoms with Gasteiger partial charge in [-0.05, 0) is 25.5 Å². The van der Waals surface area contributed by atoms with E-state index in [0.29, 0.717) is 6.42 Å². The molecule has 0 radical (unpaired) electrons. The lowest BCUT2D eigenvalue weighted by molar-refractivity contribution is -0.136. The number of allylic oxidation sites excluding steroid dienone is 1. The Morgan fingerprint density at radius 1 is 1.33 bits per heavy atom. The van der Waals surface area contributed by atoms with E-state index < -0.39 is 17.6 Å². The first-order chi connectivity index (χ1) is 12.8. The van der Waals surface area contributed by atoms with Crippen LogP contribution in [0.3, 0.4) is 0 Å². The fourth-order valence-electron chi connectivity index (χ4n) is 2.47. The number of rotatable bonds is 4. The van der Waals surface area contributed by atoms with Crippen LogP contribution < -0.4 is 5.73 Å². The smallest absolute Gasteiger partial charge is 0.337 e. The summed E-state index contributed by atoms with van der Waals surface area (Å²) in [5, 5.41) is 0. The Morgan fingerprint density at radius 2 is 2.04 bits per heavy atom. The number of nitrogens with zero attached hydrogens (tertiary/aromatic N) is 2. The summed E-state index contributed by atoms with van der Waals surface area (Å²) in [6.45, 7) is 3.45. The second-order valence-electron chi connectivity index (χ2n) is 5.63. The summed E-state index contributed by atoms with van der Waals surface area (Å²) in [6, 6.07) is 2.21. The number of hydrogen-bond acceptors (Lipinski definition) is 6. The molecule has 1 aromatic carbocycles. The minimum absolute atomic E-state index is 0.0574. The second-order valence-corrected chi connectivity index (χ2v) is 5.63. The van der Waals surface area contributed by atoms with Gasteiger partial charge in [-0.1, -0.05) is 13.0 Å². The highest BCUT2D eigenvalue weighted by atomic mass is 19.1. The zero-order chi connectivity index (χ0) is 20.1. The number of ether oxygens (including phenoxy) is 2. The van der Waals surface area contributed by atoms with Crippen molar-refractivity contribution in [2.24, 2.45) is 4.99 Å². The standard InChI is InChI=1S/C19H21F2N3O3/c1-5-6-9-24-10-12(15-13(20)7-8-14(22)16(15)21)18(26-3)23-17(24)11(2)19(25)27-4/h6-10H,5,22H2,1-4H3/b9-6+,17-11+. The van der Waals surface area contributed by atoms with Gasteiger partial charge in [0.25, 0.3) is 0 Å². The molecular weight excluding hydrogens is 356 g/mol. The van der Waals surface area contributed by atoms with Crippen molar-refractivity contribution in [3.05, 3.63) is 59.2 Å². The summed E-state index contributed by atoms with van der Waals surface area (Å²) in [7, 11) is 2.57. The second kappa shape index (κ2) is 8.48. The van der Waals surface area contributed by atoms with Crippen LogP contribution in [-0.2, 0) is 14.3 Å². The average molecular weight is 377 g/mol. The summed E-state index contributed by atoms with van der Waals surface area (Å²) in [5.74, 6) is -2.15. The largest absolute Gasteiger partial charge is 0.480 e. The fourth-order valence-corrected chi connectivity index (χ4v) is 2.47. The van der Waals surface area contributed by atoms with E-state index in [1.165, 1.54) is 32.2 Å². The van der Waals surface area contributed by atoms with Gasteiger partial charge in [0, 0.05) is 12.4 Å². The van der Waals surface area contributed by atoms with Gasteiger partial charge in [-0.2, -0.15) is 4.99 Å². The quantitative estimate of drug-likeness (QED) is 0.493. The number of benzene rings is 1. The summed E-state index contributed by atoms with van der Waals surface area (Å²) in [4.78, 5) is 17.7. The van der Waals surface area contributed by atoms with Crippen LogP contribution in [0.5, 0.6) is 0 Å². The molecular formula is C19H21F2N3O3. The molecule has 0 unspecified atom stereocenters. The van der Waals surface area contributed by atoms with Gasteiger partial charge in [0.15, 0.2) is 11.6 Å². The Bertz CT molecular complexity index is 873. The molecule has 1 heterocycles. The maximum absolute atomic E-state index is 14.5. The van der Waals surface area contributed by atoms with Crippen LogP contribution in [0.25, 0.3) is 5.57 Å². The molecule has 1 aliphatic heterocycles. The van der Waals surface area contributed by atoms with Crippen LogP contribution in [0.4, 0.5) is 14.5 Å². The van der Waals surface area contributed by atoms with Gasteiger partial charge in [0.05, 0.1) is 36.6 Å². The fraction of sp³-hybridized carbons (Fsp3) is 0.263. The predicted octanol–water partition coefficient (Wildman–Crippen LogP) is 3.58. The number of esters is 1. The van der Waals surface area contributed by atoms with Crippen LogP contribution >= 0.6 is 0 Å². The van der Waals surface area contributed by atoms with Gasteiger partial charge >= 0.3 is 5.97 Å². The molecule has 0 spiro atoms. The first kappa shape index (κ1) is 20.2. The lowest BCUT2D eigenvalue weighted by atomic mass is 10.0. The summed E-state index contributed by atoms with van der Waals surface area (Å²) in [6.07, 6.45) is 5.57. The summed E-state index contributed by atoms with van der Waals surface area (Å²) < 4.78 is 38.9. The number of carbonyl (C=O) groups excluding carboxylic acids is 1. The minimum atomic E-state index is -0.914. The molecule has 6 nitrogen and oxygen atoms in total. The number of methoxy groups -OCH3 is 2. The average Bonchev–Trinajstić information content (AvgIpc) is 2.68. The molecule has 27 heavy (non-hydrogen) atoms. The van der Waals surface area contributed by atoms with E-state index in [9.17, 15) is 13.6 Å². The highest BCUT2D eigenvalue weighted by Gasteiger charge is 2.28. The molecule has 1 aromatic rings. The molecule has 8 heteroatoms. The third-order valence-electron chi connectivity index (χ3n) is 3.86. The van der Waals surface area contributed by atoms with Crippen molar-refractivity contribution >= 4 is 23.1 Å². The number of hydrogen-bond donors (Lipinski definition) is 1. The lowest BCUT2D eigenvalue weighted by Gasteiger charge is -2.26. The number of nitrogens with two attached hydrogens (primary N) is 1. The number of anilines is 1. The molecule has 1 aliphatic rings. The summed E-state index contributed by atoms with van der Waals surface area (Å²) in [5.41, 5.74) is 5.28. The van der Waals surface area contributed by atoms with Gasteiger partial charge in [0.2, 0.25) is 5.90 Å². The first-order valence-electron chi connectivity index (χ1n) is 8.18. The van der Waals surface area contributed by atoms with E-state index in [1.807, 2.05) is 6.92 Å². The van der Waals surface area contributed by atoms with Crippen molar-refractivity contribution in [2.75, 3.05) is 20.0 Å². The Hall–Kier alpha value is -3.16. The number of aliphatic imine (C=N–C) groups is 1. The van der Waals surface area contributed by atoms with Crippen molar-refractivity contribution < 1.29 is 23.0 Å². The molecule has 0 aromatic heterocycles. The van der Waals surface area contributed by atoms with Gasteiger partial charge in [-0.3, -0.25) is 0 Å². The van der Waals surface area contributed by atoms with Crippen molar-refractivity contribution in [3.8, 4) is 0 Å². The van der Waals surface area contributed by atoms with Crippen molar-refractivity contribution in [2.45, 2.75) is 20.3 Å². The molecule has 0 fully saturated rings. The number of halogens is 2. The molecule has 0 aliphatic carbocycles. The van der Waals surface area contributed by atoms with E-state index in [-0.39, 0.29) is 34.1 Å². The topological polar surface area (TPSA) is 77.1 Å². The maximum Gasteiger partial charge on any atom is 0.337 e. The maximum atomic E-state index is 14.5. The Kier molecular flexibility index (Phi) is 6.33. The van der Waals surface area contributed by atoms with Crippen LogP contribution in [0.1, 0.15) is 25.8 Å². The van der Waals surface area contributed by atoms with Gasteiger partial charge in [-0.25, -0.2) is 13.6 Å². The van der Waals surface area contributed by atoms with Crippen LogP contribution in [0.2, 0.25) is 0 Å². The minimum Gasteiger partial charge on any atom is -0.480 e. The number of nitrogen functional groups attached to an aromatic ring is 1. The van der Waals surface area contributed by atoms with E-state index >= 15 is 0 Å². The van der Waals surface area contributed by atoms with Crippen LogP contribution in [-0.4, -0.2) is 31.0 Å². The molecule has 0 amide bonds. The molecule has 144 valence electrons. The van der Waals surface area contributed by atoms with E-state index in [1.54, 1.807) is 12.3 Å². The predicted molar refractivity (Wildman–Crippen MR) is 99.2 cm³/mol. The molecule has 2 rings (SSSR count). The van der Waals surface area contributed by atoms with Crippen molar-refractivity contribution in [1.82, 2.24) is 4.90 Å². The Balaban J connectivity index is 2.72. The zero-order valence-electron chi connectivity index (χ0n) is 15.5. The van der Waals surface area contributed by atoms with Crippen LogP contribution in [0, 0.1) is 11.6 Å². The molecule has 0 saturated heterocycles. The van der Waals surface area contributed by atoms with Gasteiger partial charge in [0.1, 0.15) is 5.82 Å². The van der Waals surface area contributed by atoms with E-state index in [4.69, 9.17) is 15.2 Å².